The summed E-state index contributed by atoms with van der Waals surface area (Å²) < 4.78 is 1.50. The molecule has 1 aromatic heterocycles. The van der Waals surface area contributed by atoms with Gasteiger partial charge in [0.15, 0.2) is 0 Å². The van der Waals surface area contributed by atoms with Gasteiger partial charge in [-0.3, -0.25) is 0 Å². The van der Waals surface area contributed by atoms with Crippen LogP contribution in [0.3, 0.4) is 0 Å². The van der Waals surface area contributed by atoms with Crippen molar-refractivity contribution in [1.29, 1.82) is 0 Å². The molecule has 2 rings (SSSR count). The van der Waals surface area contributed by atoms with E-state index >= 15 is 0 Å². The monoisotopic (exact) mass is 197 g/mol. The van der Waals surface area contributed by atoms with Crippen LogP contribution in [0, 0.1) is 10.1 Å². The number of hydrogen-bond donors (Lipinski definition) is 1. The molecule has 0 spiro atoms. The summed E-state index contributed by atoms with van der Waals surface area (Å²) in [5, 5.41) is 23.7. The molecular weight excluding hydrogens is 186 g/mol. The van der Waals surface area contributed by atoms with Crippen molar-refractivity contribution in [2.75, 3.05) is 0 Å². The second-order valence-electron chi connectivity index (χ2n) is 3.48. The summed E-state index contributed by atoms with van der Waals surface area (Å²) in [5.41, 5.74) is 0. The fraction of sp³-hybridized carbons (Fsp3) is 0.625. The van der Waals surface area contributed by atoms with E-state index in [2.05, 4.69) is 5.10 Å². The average molecular weight is 197 g/mol. The number of rotatable bonds is 2. The van der Waals surface area contributed by atoms with Crippen molar-refractivity contribution in [2.45, 2.75) is 31.4 Å². The highest BCUT2D eigenvalue weighted by atomic mass is 16.6. The van der Waals surface area contributed by atoms with Crippen LogP contribution in [-0.2, 0) is 0 Å². The first kappa shape index (κ1) is 9.14. The van der Waals surface area contributed by atoms with Gasteiger partial charge in [-0.05, 0) is 24.2 Å². The molecule has 1 heterocycles. The first-order chi connectivity index (χ1) is 6.68. The lowest BCUT2D eigenvalue weighted by atomic mass is 10.2. The van der Waals surface area contributed by atoms with E-state index in [0.29, 0.717) is 0 Å². The van der Waals surface area contributed by atoms with Gasteiger partial charge in [-0.2, -0.15) is 4.68 Å². The zero-order valence-electron chi connectivity index (χ0n) is 7.54. The smallest absolute Gasteiger partial charge is 0.389 e. The molecule has 0 aliphatic heterocycles. The predicted molar refractivity (Wildman–Crippen MR) is 47.8 cm³/mol. The third kappa shape index (κ3) is 1.48. The van der Waals surface area contributed by atoms with E-state index < -0.39 is 11.0 Å². The highest BCUT2D eigenvalue weighted by Crippen LogP contribution is 2.29. The van der Waals surface area contributed by atoms with Crippen LogP contribution in [-0.4, -0.2) is 25.9 Å². The third-order valence-electron chi connectivity index (χ3n) is 2.57. The fourth-order valence-electron chi connectivity index (χ4n) is 1.84. The zero-order valence-corrected chi connectivity index (χ0v) is 7.54. The molecular formula is C8H11N3O3. The van der Waals surface area contributed by atoms with Crippen LogP contribution >= 0.6 is 0 Å². The first-order valence-electron chi connectivity index (χ1n) is 4.56. The molecule has 0 radical (unpaired) electrons. The standard InChI is InChI=1S/C8H11N3O3/c12-7-3-1-2-6(7)10-5-4-8(9-10)11(13)14/h4-7,12H,1-3H2/t6-,7-/m0/s1. The Hall–Kier alpha value is -1.43. The number of aliphatic hydroxyl groups is 1. The second kappa shape index (κ2) is 3.38. The summed E-state index contributed by atoms with van der Waals surface area (Å²) in [6.45, 7) is 0. The molecule has 6 heteroatoms. The van der Waals surface area contributed by atoms with Crippen LogP contribution in [0.4, 0.5) is 5.82 Å². The molecule has 0 bridgehead atoms. The van der Waals surface area contributed by atoms with Gasteiger partial charge in [0, 0.05) is 0 Å². The van der Waals surface area contributed by atoms with Crippen molar-refractivity contribution in [3.63, 3.8) is 0 Å². The predicted octanol–water partition coefficient (Wildman–Crippen LogP) is 0.877. The van der Waals surface area contributed by atoms with Crippen LogP contribution in [0.5, 0.6) is 0 Å². The zero-order chi connectivity index (χ0) is 10.1. The Morgan fingerprint density at radius 3 is 2.93 bits per heavy atom. The minimum Gasteiger partial charge on any atom is -0.391 e. The summed E-state index contributed by atoms with van der Waals surface area (Å²) >= 11 is 0. The maximum atomic E-state index is 10.4. The normalized spacial score (nSPS) is 26.6. The fourth-order valence-corrected chi connectivity index (χ4v) is 1.84. The van der Waals surface area contributed by atoms with Crippen molar-refractivity contribution in [2.24, 2.45) is 0 Å². The average Bonchev–Trinajstić information content (AvgIpc) is 2.71. The maximum Gasteiger partial charge on any atom is 0.389 e. The van der Waals surface area contributed by atoms with Crippen LogP contribution < -0.4 is 0 Å². The van der Waals surface area contributed by atoms with Gasteiger partial charge >= 0.3 is 5.82 Å². The molecule has 0 saturated heterocycles. The summed E-state index contributed by atoms with van der Waals surface area (Å²) in [5.74, 6) is -0.163. The van der Waals surface area contributed by atoms with Crippen molar-refractivity contribution < 1.29 is 10.0 Å². The van der Waals surface area contributed by atoms with E-state index in [1.54, 1.807) is 6.20 Å². The van der Waals surface area contributed by atoms with Gasteiger partial charge in [0.05, 0.1) is 29.5 Å². The minimum absolute atomic E-state index is 0.0938. The molecule has 76 valence electrons. The number of aliphatic hydroxyl groups excluding tert-OH is 1. The number of nitrogens with zero attached hydrogens (tertiary/aromatic N) is 3. The Labute approximate surface area is 80.3 Å². The first-order valence-corrected chi connectivity index (χ1v) is 4.56. The lowest BCUT2D eigenvalue weighted by Crippen LogP contribution is -2.18. The molecule has 6 nitrogen and oxygen atoms in total. The van der Waals surface area contributed by atoms with Gasteiger partial charge in [-0.1, -0.05) is 0 Å². The molecule has 14 heavy (non-hydrogen) atoms. The number of hydrogen-bond acceptors (Lipinski definition) is 4. The topological polar surface area (TPSA) is 81.2 Å². The Morgan fingerprint density at radius 2 is 2.43 bits per heavy atom. The van der Waals surface area contributed by atoms with Crippen molar-refractivity contribution >= 4 is 5.82 Å². The Balaban J connectivity index is 2.20. The second-order valence-corrected chi connectivity index (χ2v) is 3.48. The Kier molecular flexibility index (Phi) is 2.20. The Bertz CT molecular complexity index is 349. The molecule has 1 aromatic rings. The minimum atomic E-state index is -0.530. The summed E-state index contributed by atoms with van der Waals surface area (Å²) in [4.78, 5) is 9.85. The van der Waals surface area contributed by atoms with E-state index in [4.69, 9.17) is 0 Å². The lowest BCUT2D eigenvalue weighted by Gasteiger charge is -2.10. The maximum absolute atomic E-state index is 10.4. The van der Waals surface area contributed by atoms with Gasteiger partial charge in [-0.15, -0.1) is 0 Å². The highest BCUT2D eigenvalue weighted by molar-refractivity contribution is 5.14. The molecule has 1 aliphatic rings. The highest BCUT2D eigenvalue weighted by Gasteiger charge is 2.30. The molecule has 0 aromatic carbocycles. The molecule has 0 unspecified atom stereocenters. The molecule has 0 amide bonds. The third-order valence-corrected chi connectivity index (χ3v) is 2.57. The van der Waals surface area contributed by atoms with Crippen LogP contribution in [0.1, 0.15) is 25.3 Å². The van der Waals surface area contributed by atoms with Crippen LogP contribution in [0.2, 0.25) is 0 Å². The lowest BCUT2D eigenvalue weighted by molar-refractivity contribution is -0.389. The van der Waals surface area contributed by atoms with E-state index in [1.165, 1.54) is 10.7 Å². The summed E-state index contributed by atoms with van der Waals surface area (Å²) in [7, 11) is 0. The van der Waals surface area contributed by atoms with Crippen molar-refractivity contribution in [3.8, 4) is 0 Å². The van der Waals surface area contributed by atoms with Crippen molar-refractivity contribution in [3.05, 3.63) is 22.4 Å². The van der Waals surface area contributed by atoms with Gasteiger partial charge in [-0.25, -0.2) is 0 Å². The van der Waals surface area contributed by atoms with Gasteiger partial charge in [0.2, 0.25) is 0 Å². The largest absolute Gasteiger partial charge is 0.391 e. The van der Waals surface area contributed by atoms with Crippen molar-refractivity contribution in [1.82, 2.24) is 9.78 Å². The Morgan fingerprint density at radius 1 is 1.64 bits per heavy atom. The molecule has 2 atom stereocenters. The number of aromatic nitrogens is 2. The van der Waals surface area contributed by atoms with Gasteiger partial charge < -0.3 is 15.2 Å². The van der Waals surface area contributed by atoms with Crippen LogP contribution in [0.15, 0.2) is 12.3 Å². The van der Waals surface area contributed by atoms with E-state index in [0.717, 1.165) is 19.3 Å². The van der Waals surface area contributed by atoms with Gasteiger partial charge in [0.1, 0.15) is 0 Å². The summed E-state index contributed by atoms with van der Waals surface area (Å²) in [6, 6.07) is 1.26. The summed E-state index contributed by atoms with van der Waals surface area (Å²) in [6.07, 6.45) is 3.66. The van der Waals surface area contributed by atoms with E-state index in [1.807, 2.05) is 0 Å². The quantitative estimate of drug-likeness (QED) is 0.563. The molecule has 1 fully saturated rings. The van der Waals surface area contributed by atoms with Gasteiger partial charge in [0.25, 0.3) is 0 Å². The number of nitro groups is 1. The van der Waals surface area contributed by atoms with E-state index in [-0.39, 0.29) is 11.9 Å². The van der Waals surface area contributed by atoms with E-state index in [9.17, 15) is 15.2 Å². The van der Waals surface area contributed by atoms with Crippen LogP contribution in [0.25, 0.3) is 0 Å². The molecule has 1 aliphatic carbocycles. The molecule has 1 N–H and O–H groups in total. The SMILES string of the molecule is O=[N+]([O-])c1ccn([C@H]2CCC[C@@H]2O)n1. The molecule has 1 saturated carbocycles.